The quantitative estimate of drug-likeness (QED) is 0.479. The highest BCUT2D eigenvalue weighted by molar-refractivity contribution is 6.00. The number of benzene rings is 2. The van der Waals surface area contributed by atoms with Crippen LogP contribution in [0.4, 0.5) is 13.2 Å². The summed E-state index contributed by atoms with van der Waals surface area (Å²) in [6.45, 7) is 1.79. The molecule has 1 amide bonds. The van der Waals surface area contributed by atoms with Crippen molar-refractivity contribution in [3.8, 4) is 17.0 Å². The molecule has 0 spiro atoms. The molecule has 164 valence electrons. The van der Waals surface area contributed by atoms with Crippen LogP contribution in [0, 0.1) is 0 Å². The number of amides is 1. The molecule has 0 aliphatic carbocycles. The number of methoxy groups -OCH3 is 1. The summed E-state index contributed by atoms with van der Waals surface area (Å²) in [5.74, 6) is -0.0966. The molecule has 0 fully saturated rings. The highest BCUT2D eigenvalue weighted by atomic mass is 19.4. The van der Waals surface area contributed by atoms with Crippen molar-refractivity contribution in [2.45, 2.75) is 19.1 Å². The van der Waals surface area contributed by atoms with Gasteiger partial charge in [-0.05, 0) is 30.7 Å². The van der Waals surface area contributed by atoms with Crippen molar-refractivity contribution < 1.29 is 22.7 Å². The average molecular weight is 440 g/mol. The summed E-state index contributed by atoms with van der Waals surface area (Å²) in [7, 11) is 1.46. The number of hydrogen-bond donors (Lipinski definition) is 1. The summed E-state index contributed by atoms with van der Waals surface area (Å²) in [5.41, 5.74) is 0.0594. The molecule has 1 atom stereocenters. The van der Waals surface area contributed by atoms with E-state index in [4.69, 9.17) is 4.74 Å². The van der Waals surface area contributed by atoms with E-state index in [1.54, 1.807) is 31.2 Å². The van der Waals surface area contributed by atoms with Crippen LogP contribution in [0.15, 0.2) is 66.9 Å². The Labute approximate surface area is 181 Å². The van der Waals surface area contributed by atoms with Crippen molar-refractivity contribution in [2.75, 3.05) is 7.11 Å². The van der Waals surface area contributed by atoms with Crippen LogP contribution >= 0.6 is 0 Å². The zero-order chi connectivity index (χ0) is 22.9. The zero-order valence-corrected chi connectivity index (χ0v) is 17.2. The maximum atomic E-state index is 13.8. The van der Waals surface area contributed by atoms with E-state index in [0.717, 1.165) is 17.8 Å². The van der Waals surface area contributed by atoms with Gasteiger partial charge < -0.3 is 10.1 Å². The fraction of sp³-hybridized carbons (Fsp3) is 0.174. The van der Waals surface area contributed by atoms with Crippen molar-refractivity contribution in [1.82, 2.24) is 19.9 Å². The van der Waals surface area contributed by atoms with Gasteiger partial charge in [-0.2, -0.15) is 18.3 Å². The van der Waals surface area contributed by atoms with Gasteiger partial charge in [-0.3, -0.25) is 4.79 Å². The Kier molecular flexibility index (Phi) is 5.56. The van der Waals surface area contributed by atoms with Gasteiger partial charge in [0.1, 0.15) is 11.3 Å². The number of carbonyl (C=O) groups excluding carboxylic acids is 1. The van der Waals surface area contributed by atoms with Gasteiger partial charge in [0.05, 0.1) is 25.0 Å². The van der Waals surface area contributed by atoms with Gasteiger partial charge >= 0.3 is 6.18 Å². The minimum absolute atomic E-state index is 0.0504. The van der Waals surface area contributed by atoms with Crippen LogP contribution in [0.25, 0.3) is 16.9 Å². The van der Waals surface area contributed by atoms with Crippen molar-refractivity contribution in [3.63, 3.8) is 0 Å². The second-order valence-electron chi connectivity index (χ2n) is 7.16. The van der Waals surface area contributed by atoms with E-state index in [2.05, 4.69) is 15.4 Å². The van der Waals surface area contributed by atoms with Crippen molar-refractivity contribution in [1.29, 1.82) is 0 Å². The van der Waals surface area contributed by atoms with E-state index in [0.29, 0.717) is 15.8 Å². The molecule has 9 heteroatoms. The molecule has 0 aliphatic rings. The predicted octanol–water partition coefficient (Wildman–Crippen LogP) is 4.91. The predicted molar refractivity (Wildman–Crippen MR) is 112 cm³/mol. The normalized spacial score (nSPS) is 12.5. The number of alkyl halides is 3. The molecule has 2 heterocycles. The standard InChI is InChI=1S/C23H19F3N4O2/c1-14(15-7-4-3-5-8-15)28-22(31)18-13-27-30-20(23(24,25)26)12-19(29-21(18)30)16-9-6-10-17(11-16)32-2/h3-14H,1-2H3,(H,28,31). The molecule has 1 N–H and O–H groups in total. The largest absolute Gasteiger partial charge is 0.497 e. The van der Waals surface area contributed by atoms with Gasteiger partial charge in [0.25, 0.3) is 5.91 Å². The molecular formula is C23H19F3N4O2. The molecule has 0 radical (unpaired) electrons. The molecular weight excluding hydrogens is 421 g/mol. The van der Waals surface area contributed by atoms with Crippen LogP contribution in [0.1, 0.15) is 34.6 Å². The first kappa shape index (κ1) is 21.4. The van der Waals surface area contributed by atoms with Crippen LogP contribution in [-0.4, -0.2) is 27.6 Å². The molecule has 2 aromatic carbocycles. The second kappa shape index (κ2) is 8.33. The van der Waals surface area contributed by atoms with E-state index in [1.807, 2.05) is 30.3 Å². The Hall–Kier alpha value is -3.88. The molecule has 32 heavy (non-hydrogen) atoms. The number of nitrogens with one attached hydrogen (secondary N) is 1. The van der Waals surface area contributed by atoms with E-state index in [1.165, 1.54) is 7.11 Å². The minimum atomic E-state index is -4.70. The highest BCUT2D eigenvalue weighted by Gasteiger charge is 2.36. The molecule has 2 aromatic heterocycles. The number of rotatable bonds is 5. The van der Waals surface area contributed by atoms with Gasteiger partial charge in [0.15, 0.2) is 11.3 Å². The second-order valence-corrected chi connectivity index (χ2v) is 7.16. The number of nitrogens with zero attached hydrogens (tertiary/aromatic N) is 3. The summed E-state index contributed by atoms with van der Waals surface area (Å²) in [6, 6.07) is 16.3. The van der Waals surface area contributed by atoms with Gasteiger partial charge in [0.2, 0.25) is 0 Å². The third-order valence-corrected chi connectivity index (χ3v) is 5.02. The molecule has 6 nitrogen and oxygen atoms in total. The van der Waals surface area contributed by atoms with Crippen molar-refractivity contribution >= 4 is 11.6 Å². The summed E-state index contributed by atoms with van der Waals surface area (Å²) in [4.78, 5) is 17.2. The summed E-state index contributed by atoms with van der Waals surface area (Å²) in [6.07, 6.45) is -3.61. The summed E-state index contributed by atoms with van der Waals surface area (Å²) in [5, 5.41) is 6.60. The van der Waals surface area contributed by atoms with Gasteiger partial charge in [0, 0.05) is 5.56 Å². The fourth-order valence-corrected chi connectivity index (χ4v) is 3.35. The first-order chi connectivity index (χ1) is 15.3. The summed E-state index contributed by atoms with van der Waals surface area (Å²) < 4.78 is 47.2. The van der Waals surface area contributed by atoms with Gasteiger partial charge in [-0.1, -0.05) is 42.5 Å². The number of ether oxygens (including phenoxy) is 1. The summed E-state index contributed by atoms with van der Waals surface area (Å²) >= 11 is 0. The maximum absolute atomic E-state index is 13.8. The van der Waals surface area contributed by atoms with Crippen molar-refractivity contribution in [2.24, 2.45) is 0 Å². The monoisotopic (exact) mass is 440 g/mol. The molecule has 4 rings (SSSR count). The third-order valence-electron chi connectivity index (χ3n) is 5.02. The number of halogens is 3. The minimum Gasteiger partial charge on any atom is -0.497 e. The lowest BCUT2D eigenvalue weighted by atomic mass is 10.1. The van der Waals surface area contributed by atoms with Crippen LogP contribution < -0.4 is 10.1 Å². The number of hydrogen-bond acceptors (Lipinski definition) is 4. The lowest BCUT2D eigenvalue weighted by Gasteiger charge is -2.14. The highest BCUT2D eigenvalue weighted by Crippen LogP contribution is 2.33. The number of aromatic nitrogens is 3. The molecule has 4 aromatic rings. The van der Waals surface area contributed by atoms with E-state index >= 15 is 0 Å². The smallest absolute Gasteiger partial charge is 0.433 e. The average Bonchev–Trinajstić information content (AvgIpc) is 3.22. The van der Waals surface area contributed by atoms with Gasteiger partial charge in [-0.25, -0.2) is 9.50 Å². The Morgan fingerprint density at radius 2 is 1.84 bits per heavy atom. The molecule has 0 saturated heterocycles. The SMILES string of the molecule is COc1cccc(-c2cc(C(F)(F)F)n3ncc(C(=O)NC(C)c4ccccc4)c3n2)c1. The lowest BCUT2D eigenvalue weighted by Crippen LogP contribution is -2.26. The van der Waals surface area contributed by atoms with E-state index < -0.39 is 17.8 Å². The molecule has 1 unspecified atom stereocenters. The zero-order valence-electron chi connectivity index (χ0n) is 17.2. The Morgan fingerprint density at radius 1 is 1.09 bits per heavy atom. The van der Waals surface area contributed by atoms with Crippen LogP contribution in [0.5, 0.6) is 5.75 Å². The molecule has 0 bridgehead atoms. The fourth-order valence-electron chi connectivity index (χ4n) is 3.35. The first-order valence-electron chi connectivity index (χ1n) is 9.74. The van der Waals surface area contributed by atoms with Crippen LogP contribution in [0.2, 0.25) is 0 Å². The van der Waals surface area contributed by atoms with E-state index in [9.17, 15) is 18.0 Å². The van der Waals surface area contributed by atoms with E-state index in [-0.39, 0.29) is 22.9 Å². The number of fused-ring (bicyclic) bond motifs is 1. The van der Waals surface area contributed by atoms with Crippen molar-refractivity contribution in [3.05, 3.63) is 83.7 Å². The Balaban J connectivity index is 1.80. The topological polar surface area (TPSA) is 68.5 Å². The lowest BCUT2D eigenvalue weighted by molar-refractivity contribution is -0.142. The third kappa shape index (κ3) is 4.14. The molecule has 0 saturated carbocycles. The van der Waals surface area contributed by atoms with Gasteiger partial charge in [-0.15, -0.1) is 0 Å². The Morgan fingerprint density at radius 3 is 2.53 bits per heavy atom. The maximum Gasteiger partial charge on any atom is 0.433 e. The Bertz CT molecular complexity index is 1270. The first-order valence-corrected chi connectivity index (χ1v) is 9.74. The molecule has 0 aliphatic heterocycles. The van der Waals surface area contributed by atoms with Crippen LogP contribution in [0.3, 0.4) is 0 Å². The number of carbonyl (C=O) groups is 1. The van der Waals surface area contributed by atoms with Crippen LogP contribution in [-0.2, 0) is 6.18 Å².